The molecular weight excluding hydrogens is 299 g/mol. The van der Waals surface area contributed by atoms with Crippen LogP contribution in [0.5, 0.6) is 0 Å². The summed E-state index contributed by atoms with van der Waals surface area (Å²) in [7, 11) is 0. The normalized spacial score (nSPS) is 11.9. The Kier molecular flexibility index (Phi) is 4.58. The molecular formula is C14H16F3N3O2. The molecule has 0 aliphatic carbocycles. The Morgan fingerprint density at radius 3 is 2.68 bits per heavy atom. The Morgan fingerprint density at radius 1 is 1.45 bits per heavy atom. The number of carbonyl (C=O) groups is 1. The average Bonchev–Trinajstić information content (AvgIpc) is 3.06. The van der Waals surface area contributed by atoms with Crippen molar-refractivity contribution in [3.05, 3.63) is 41.6 Å². The number of alkyl halides is 3. The highest BCUT2D eigenvalue weighted by molar-refractivity contribution is 5.92. The van der Waals surface area contributed by atoms with Crippen LogP contribution in [-0.2, 0) is 6.54 Å². The zero-order chi connectivity index (χ0) is 16.3. The summed E-state index contributed by atoms with van der Waals surface area (Å²) in [6.45, 7) is 2.14. The van der Waals surface area contributed by atoms with Crippen LogP contribution in [0.2, 0.25) is 0 Å². The van der Waals surface area contributed by atoms with E-state index in [2.05, 4.69) is 10.2 Å². The fourth-order valence-electron chi connectivity index (χ4n) is 1.91. The topological polar surface area (TPSA) is 62.1 Å². The van der Waals surface area contributed by atoms with Crippen molar-refractivity contribution in [2.24, 2.45) is 0 Å². The molecule has 5 nitrogen and oxygen atoms in total. The standard InChI is InChI=1S/C14H16F3N3O2/c1-9(2)11-6-12(19-18-11)13(21)20(8-14(15,16)17)7-10-4-3-5-22-10/h3-6,9H,7-8H2,1-2H3,(H,18,19). The number of amides is 1. The maximum Gasteiger partial charge on any atom is 0.406 e. The van der Waals surface area contributed by atoms with E-state index in [1.54, 1.807) is 6.07 Å². The minimum atomic E-state index is -4.50. The largest absolute Gasteiger partial charge is 0.467 e. The number of hydrogen-bond donors (Lipinski definition) is 1. The fourth-order valence-corrected chi connectivity index (χ4v) is 1.91. The molecule has 1 N–H and O–H groups in total. The van der Waals surface area contributed by atoms with E-state index in [-0.39, 0.29) is 23.9 Å². The molecule has 2 aromatic rings. The summed E-state index contributed by atoms with van der Waals surface area (Å²) in [5, 5.41) is 6.46. The molecule has 0 bridgehead atoms. The molecule has 0 atom stereocenters. The highest BCUT2D eigenvalue weighted by atomic mass is 19.4. The quantitative estimate of drug-likeness (QED) is 0.920. The number of nitrogens with zero attached hydrogens (tertiary/aromatic N) is 2. The zero-order valence-electron chi connectivity index (χ0n) is 12.1. The van der Waals surface area contributed by atoms with Gasteiger partial charge in [0.05, 0.1) is 12.8 Å². The first-order valence-electron chi connectivity index (χ1n) is 6.70. The molecule has 22 heavy (non-hydrogen) atoms. The van der Waals surface area contributed by atoms with E-state index in [0.29, 0.717) is 10.6 Å². The summed E-state index contributed by atoms with van der Waals surface area (Å²) in [4.78, 5) is 13.0. The summed E-state index contributed by atoms with van der Waals surface area (Å²) in [5.74, 6) is -0.427. The van der Waals surface area contributed by atoms with Crippen LogP contribution in [0.15, 0.2) is 28.9 Å². The molecule has 0 aliphatic rings. The van der Waals surface area contributed by atoms with Crippen molar-refractivity contribution in [2.45, 2.75) is 32.5 Å². The highest BCUT2D eigenvalue weighted by Crippen LogP contribution is 2.21. The Morgan fingerprint density at radius 2 is 2.18 bits per heavy atom. The van der Waals surface area contributed by atoms with Gasteiger partial charge in [0.1, 0.15) is 18.0 Å². The number of H-pyrrole nitrogens is 1. The van der Waals surface area contributed by atoms with Crippen LogP contribution >= 0.6 is 0 Å². The molecule has 2 rings (SSSR count). The van der Waals surface area contributed by atoms with Gasteiger partial charge in [-0.1, -0.05) is 13.8 Å². The first-order chi connectivity index (χ1) is 10.3. The molecule has 0 saturated heterocycles. The van der Waals surface area contributed by atoms with Gasteiger partial charge in [0, 0.05) is 5.69 Å². The highest BCUT2D eigenvalue weighted by Gasteiger charge is 2.34. The molecule has 0 unspecified atom stereocenters. The lowest BCUT2D eigenvalue weighted by molar-refractivity contribution is -0.142. The lowest BCUT2D eigenvalue weighted by Gasteiger charge is -2.22. The molecule has 8 heteroatoms. The zero-order valence-corrected chi connectivity index (χ0v) is 12.1. The molecule has 0 radical (unpaired) electrons. The molecule has 1 amide bonds. The predicted octanol–water partition coefficient (Wildman–Crippen LogP) is 3.33. The molecule has 0 fully saturated rings. The number of carbonyl (C=O) groups excluding carboxylic acids is 1. The monoisotopic (exact) mass is 315 g/mol. The van der Waals surface area contributed by atoms with Gasteiger partial charge >= 0.3 is 6.18 Å². The second-order valence-corrected chi connectivity index (χ2v) is 5.22. The van der Waals surface area contributed by atoms with Crippen molar-refractivity contribution in [1.82, 2.24) is 15.1 Å². The molecule has 2 heterocycles. The van der Waals surface area contributed by atoms with E-state index in [9.17, 15) is 18.0 Å². The van der Waals surface area contributed by atoms with E-state index in [1.165, 1.54) is 18.4 Å². The van der Waals surface area contributed by atoms with Gasteiger partial charge in [0.2, 0.25) is 0 Å². The molecule has 0 aliphatic heterocycles. The van der Waals surface area contributed by atoms with Gasteiger partial charge in [-0.2, -0.15) is 18.3 Å². The fraction of sp³-hybridized carbons (Fsp3) is 0.429. The second kappa shape index (κ2) is 6.25. The summed E-state index contributed by atoms with van der Waals surface area (Å²) in [5.41, 5.74) is 0.646. The molecule has 120 valence electrons. The average molecular weight is 315 g/mol. The number of furan rings is 1. The summed E-state index contributed by atoms with van der Waals surface area (Å²) >= 11 is 0. The van der Waals surface area contributed by atoms with Crippen LogP contribution in [0.3, 0.4) is 0 Å². The third-order valence-corrected chi connectivity index (χ3v) is 3.02. The third-order valence-electron chi connectivity index (χ3n) is 3.02. The van der Waals surface area contributed by atoms with Crippen molar-refractivity contribution in [3.8, 4) is 0 Å². The molecule has 2 aromatic heterocycles. The number of nitrogens with one attached hydrogen (secondary N) is 1. The maximum atomic E-state index is 12.7. The van der Waals surface area contributed by atoms with Crippen molar-refractivity contribution in [1.29, 1.82) is 0 Å². The van der Waals surface area contributed by atoms with E-state index in [0.717, 1.165) is 0 Å². The first kappa shape index (κ1) is 16.1. The summed E-state index contributed by atoms with van der Waals surface area (Å²) < 4.78 is 43.1. The van der Waals surface area contributed by atoms with Crippen molar-refractivity contribution in [2.75, 3.05) is 6.54 Å². The van der Waals surface area contributed by atoms with Crippen molar-refractivity contribution < 1.29 is 22.4 Å². The molecule has 0 spiro atoms. The van der Waals surface area contributed by atoms with E-state index in [4.69, 9.17) is 4.42 Å². The number of halogens is 3. The van der Waals surface area contributed by atoms with Crippen molar-refractivity contribution >= 4 is 5.91 Å². The Hall–Kier alpha value is -2.25. The van der Waals surface area contributed by atoms with Crippen molar-refractivity contribution in [3.63, 3.8) is 0 Å². The predicted molar refractivity (Wildman–Crippen MR) is 72.2 cm³/mol. The van der Waals surface area contributed by atoms with Gasteiger partial charge in [0.25, 0.3) is 5.91 Å². The summed E-state index contributed by atoms with van der Waals surface area (Å²) in [6.07, 6.45) is -3.16. The third kappa shape index (κ3) is 4.12. The lowest BCUT2D eigenvalue weighted by Crippen LogP contribution is -2.38. The van der Waals surface area contributed by atoms with Gasteiger partial charge in [0.15, 0.2) is 0 Å². The van der Waals surface area contributed by atoms with Gasteiger partial charge in [-0.3, -0.25) is 9.89 Å². The van der Waals surface area contributed by atoms with Crippen LogP contribution in [0, 0.1) is 0 Å². The Bertz CT molecular complexity index is 618. The smallest absolute Gasteiger partial charge is 0.406 e. The van der Waals surface area contributed by atoms with Crippen LogP contribution in [0.4, 0.5) is 13.2 Å². The number of aromatic nitrogens is 2. The minimum Gasteiger partial charge on any atom is -0.467 e. The number of aromatic amines is 1. The number of rotatable bonds is 5. The molecule has 0 saturated carbocycles. The van der Waals surface area contributed by atoms with E-state index < -0.39 is 18.6 Å². The second-order valence-electron chi connectivity index (χ2n) is 5.22. The summed E-state index contributed by atoms with van der Waals surface area (Å²) in [6, 6.07) is 4.54. The maximum absolute atomic E-state index is 12.7. The minimum absolute atomic E-state index is 0.0421. The van der Waals surface area contributed by atoms with Gasteiger partial charge in [-0.05, 0) is 24.1 Å². The van der Waals surface area contributed by atoms with Gasteiger partial charge in [-0.25, -0.2) is 0 Å². The van der Waals surface area contributed by atoms with Gasteiger partial charge in [-0.15, -0.1) is 0 Å². The van der Waals surface area contributed by atoms with Crippen LogP contribution < -0.4 is 0 Å². The van der Waals surface area contributed by atoms with Crippen LogP contribution in [-0.4, -0.2) is 33.7 Å². The SMILES string of the molecule is CC(C)c1cc(C(=O)N(Cc2ccco2)CC(F)(F)F)n[nH]1. The van der Waals surface area contributed by atoms with E-state index >= 15 is 0 Å². The number of hydrogen-bond acceptors (Lipinski definition) is 3. The van der Waals surface area contributed by atoms with Gasteiger partial charge < -0.3 is 9.32 Å². The Balaban J connectivity index is 2.20. The first-order valence-corrected chi connectivity index (χ1v) is 6.70. The van der Waals surface area contributed by atoms with E-state index in [1.807, 2.05) is 13.8 Å². The Labute approximate surface area is 125 Å². The molecule has 0 aromatic carbocycles. The van der Waals surface area contributed by atoms with Crippen LogP contribution in [0.1, 0.15) is 41.7 Å². The van der Waals surface area contributed by atoms with Crippen LogP contribution in [0.25, 0.3) is 0 Å². The lowest BCUT2D eigenvalue weighted by atomic mass is 10.1.